The maximum absolute atomic E-state index is 13.0. The van der Waals surface area contributed by atoms with Gasteiger partial charge in [0.25, 0.3) is 0 Å². The molecule has 0 bridgehead atoms. The van der Waals surface area contributed by atoms with E-state index in [-0.39, 0.29) is 42.3 Å². The van der Waals surface area contributed by atoms with E-state index in [4.69, 9.17) is 0 Å². The molecule has 0 radical (unpaired) electrons. The maximum Gasteiger partial charge on any atom is 0.243 e. The molecular weight excluding hydrogens is 401 g/mol. The van der Waals surface area contributed by atoms with Gasteiger partial charge in [-0.15, -0.1) is 12.4 Å². The summed E-state index contributed by atoms with van der Waals surface area (Å²) < 4.78 is 39.5. The summed E-state index contributed by atoms with van der Waals surface area (Å²) in [6, 6.07) is 5.03. The van der Waals surface area contributed by atoms with Crippen molar-refractivity contribution in [2.75, 3.05) is 44.2 Å². The Hall–Kier alpha value is -0.870. The van der Waals surface area contributed by atoms with Crippen molar-refractivity contribution in [2.24, 2.45) is 0 Å². The molecule has 1 N–H and O–H groups in total. The van der Waals surface area contributed by atoms with Crippen LogP contribution < -0.4 is 5.32 Å². The van der Waals surface area contributed by atoms with Crippen molar-refractivity contribution in [2.45, 2.75) is 17.4 Å². The molecule has 2 heterocycles. The summed E-state index contributed by atoms with van der Waals surface area (Å²) in [6.07, 6.45) is 0.456. The molecule has 1 unspecified atom stereocenters. The van der Waals surface area contributed by atoms with Crippen molar-refractivity contribution in [3.8, 4) is 0 Å². The summed E-state index contributed by atoms with van der Waals surface area (Å²) in [4.78, 5) is 14.2. The van der Waals surface area contributed by atoms with E-state index in [9.17, 15) is 17.6 Å². The van der Waals surface area contributed by atoms with Crippen LogP contribution in [0.2, 0.25) is 0 Å². The van der Waals surface area contributed by atoms with Gasteiger partial charge in [-0.25, -0.2) is 12.8 Å². The third-order valence-corrected chi connectivity index (χ3v) is 7.51. The van der Waals surface area contributed by atoms with Gasteiger partial charge >= 0.3 is 0 Å². The molecule has 2 aliphatic rings. The SMILES string of the molecule is Cl.O=C(CC1CSCCN1)N1CCN(S(=O)(=O)c2ccc(F)cc2)CC1. The molecule has 0 saturated carbocycles. The van der Waals surface area contributed by atoms with E-state index in [1.165, 1.54) is 16.4 Å². The van der Waals surface area contributed by atoms with Crippen LogP contribution in [0.3, 0.4) is 0 Å². The van der Waals surface area contributed by atoms with Crippen molar-refractivity contribution in [1.29, 1.82) is 0 Å². The minimum atomic E-state index is -3.64. The first-order valence-electron chi connectivity index (χ1n) is 8.31. The molecule has 2 fully saturated rings. The summed E-state index contributed by atoms with van der Waals surface area (Å²) in [5.41, 5.74) is 0. The lowest BCUT2D eigenvalue weighted by Crippen LogP contribution is -2.52. The van der Waals surface area contributed by atoms with Gasteiger partial charge in [-0.3, -0.25) is 4.79 Å². The first-order valence-corrected chi connectivity index (χ1v) is 10.9. The lowest BCUT2D eigenvalue weighted by Gasteiger charge is -2.35. The summed E-state index contributed by atoms with van der Waals surface area (Å²) in [6.45, 7) is 2.22. The molecule has 6 nitrogen and oxygen atoms in total. The molecule has 146 valence electrons. The molecule has 10 heteroatoms. The lowest BCUT2D eigenvalue weighted by molar-refractivity contribution is -0.132. The zero-order valence-electron chi connectivity index (χ0n) is 14.3. The molecule has 0 spiro atoms. The largest absolute Gasteiger partial charge is 0.340 e. The monoisotopic (exact) mass is 423 g/mol. The number of nitrogens with one attached hydrogen (secondary N) is 1. The van der Waals surface area contributed by atoms with Crippen molar-refractivity contribution in [3.63, 3.8) is 0 Å². The van der Waals surface area contributed by atoms with Crippen LogP contribution in [0.4, 0.5) is 4.39 Å². The topological polar surface area (TPSA) is 69.7 Å². The quantitative estimate of drug-likeness (QED) is 0.787. The Labute approximate surface area is 164 Å². The Balaban J connectivity index is 0.00000243. The number of amides is 1. The molecule has 0 aromatic heterocycles. The van der Waals surface area contributed by atoms with E-state index < -0.39 is 15.8 Å². The van der Waals surface area contributed by atoms with Crippen LogP contribution in [0.1, 0.15) is 6.42 Å². The number of thioether (sulfide) groups is 1. The predicted molar refractivity (Wildman–Crippen MR) is 103 cm³/mol. The zero-order chi connectivity index (χ0) is 17.9. The summed E-state index contributed by atoms with van der Waals surface area (Å²) in [7, 11) is -3.64. The molecule has 26 heavy (non-hydrogen) atoms. The lowest BCUT2D eigenvalue weighted by atomic mass is 10.2. The highest BCUT2D eigenvalue weighted by Gasteiger charge is 2.30. The Morgan fingerprint density at radius 1 is 1.19 bits per heavy atom. The van der Waals surface area contributed by atoms with Crippen LogP contribution in [-0.4, -0.2) is 73.8 Å². The number of halogens is 2. The molecule has 2 saturated heterocycles. The smallest absolute Gasteiger partial charge is 0.243 e. The van der Waals surface area contributed by atoms with E-state index in [2.05, 4.69) is 5.32 Å². The van der Waals surface area contributed by atoms with Crippen LogP contribution in [0.5, 0.6) is 0 Å². The fourth-order valence-corrected chi connectivity index (χ4v) is 5.40. The number of hydrogen-bond donors (Lipinski definition) is 1. The van der Waals surface area contributed by atoms with Crippen molar-refractivity contribution in [3.05, 3.63) is 30.1 Å². The Morgan fingerprint density at radius 3 is 2.42 bits per heavy atom. The van der Waals surface area contributed by atoms with Gasteiger partial charge in [0.15, 0.2) is 0 Å². The number of sulfonamides is 1. The molecule has 1 amide bonds. The van der Waals surface area contributed by atoms with Gasteiger partial charge in [0, 0.05) is 56.7 Å². The van der Waals surface area contributed by atoms with Gasteiger partial charge in [0.2, 0.25) is 15.9 Å². The van der Waals surface area contributed by atoms with E-state index in [0.29, 0.717) is 19.5 Å². The van der Waals surface area contributed by atoms with E-state index in [0.717, 1.165) is 30.2 Å². The molecule has 2 aliphatic heterocycles. The fourth-order valence-electron chi connectivity index (χ4n) is 3.02. The zero-order valence-corrected chi connectivity index (χ0v) is 16.7. The second-order valence-electron chi connectivity index (χ2n) is 6.17. The number of benzene rings is 1. The Kier molecular flexibility index (Phi) is 7.72. The van der Waals surface area contributed by atoms with Gasteiger partial charge < -0.3 is 10.2 Å². The number of rotatable bonds is 4. The number of nitrogens with zero attached hydrogens (tertiary/aromatic N) is 2. The molecule has 0 aliphatic carbocycles. The second-order valence-corrected chi connectivity index (χ2v) is 9.26. The molecule has 3 rings (SSSR count). The molecule has 1 aromatic rings. The highest BCUT2D eigenvalue weighted by molar-refractivity contribution is 7.99. The highest BCUT2D eigenvalue weighted by atomic mass is 35.5. The number of carbonyl (C=O) groups excluding carboxylic acids is 1. The second kappa shape index (κ2) is 9.36. The molecule has 1 atom stereocenters. The number of carbonyl (C=O) groups is 1. The summed E-state index contributed by atoms with van der Waals surface area (Å²) >= 11 is 1.85. The van der Waals surface area contributed by atoms with Crippen LogP contribution in [0.15, 0.2) is 29.2 Å². The predicted octanol–water partition coefficient (Wildman–Crippen LogP) is 1.18. The minimum Gasteiger partial charge on any atom is -0.340 e. The van der Waals surface area contributed by atoms with Gasteiger partial charge in [-0.2, -0.15) is 16.1 Å². The fraction of sp³-hybridized carbons (Fsp3) is 0.562. The first kappa shape index (κ1) is 21.4. The Bertz CT molecular complexity index is 704. The third kappa shape index (κ3) is 5.10. The first-order chi connectivity index (χ1) is 12.0. The third-order valence-electron chi connectivity index (χ3n) is 4.46. The standard InChI is InChI=1S/C16H22FN3O3S2.ClH/c17-13-1-3-15(4-2-13)25(22,23)20-8-6-19(7-9-20)16(21)11-14-12-24-10-5-18-14;/h1-4,14,18H,5-12H2;1H. The number of hydrogen-bond acceptors (Lipinski definition) is 5. The molecular formula is C16H23ClFN3O3S2. The van der Waals surface area contributed by atoms with Crippen LogP contribution in [-0.2, 0) is 14.8 Å². The normalized spacial score (nSPS) is 21.9. The summed E-state index contributed by atoms with van der Waals surface area (Å²) in [5, 5.41) is 3.34. The van der Waals surface area contributed by atoms with Gasteiger partial charge in [0.05, 0.1) is 4.90 Å². The van der Waals surface area contributed by atoms with Gasteiger partial charge in [0.1, 0.15) is 5.82 Å². The number of piperazine rings is 1. The van der Waals surface area contributed by atoms with E-state index >= 15 is 0 Å². The average Bonchev–Trinajstić information content (AvgIpc) is 2.63. The summed E-state index contributed by atoms with van der Waals surface area (Å²) in [5.74, 6) is 1.61. The van der Waals surface area contributed by atoms with E-state index in [1.807, 2.05) is 11.8 Å². The van der Waals surface area contributed by atoms with Crippen LogP contribution in [0, 0.1) is 5.82 Å². The minimum absolute atomic E-state index is 0. The van der Waals surface area contributed by atoms with Crippen LogP contribution >= 0.6 is 24.2 Å². The van der Waals surface area contributed by atoms with Crippen molar-refractivity contribution in [1.82, 2.24) is 14.5 Å². The van der Waals surface area contributed by atoms with Crippen molar-refractivity contribution < 1.29 is 17.6 Å². The van der Waals surface area contributed by atoms with Crippen molar-refractivity contribution >= 4 is 40.1 Å². The average molecular weight is 424 g/mol. The van der Waals surface area contributed by atoms with Crippen LogP contribution in [0.25, 0.3) is 0 Å². The van der Waals surface area contributed by atoms with Gasteiger partial charge in [-0.05, 0) is 24.3 Å². The maximum atomic E-state index is 13.0. The van der Waals surface area contributed by atoms with E-state index in [1.54, 1.807) is 4.90 Å². The highest BCUT2D eigenvalue weighted by Crippen LogP contribution is 2.19. The Morgan fingerprint density at radius 2 is 1.85 bits per heavy atom. The van der Waals surface area contributed by atoms with Gasteiger partial charge in [-0.1, -0.05) is 0 Å². The molecule has 1 aromatic carbocycles.